The highest BCUT2D eigenvalue weighted by Gasteiger charge is 2.41. The van der Waals surface area contributed by atoms with E-state index >= 15 is 0 Å². The zero-order valence-electron chi connectivity index (χ0n) is 24.4. The molecule has 9 nitrogen and oxygen atoms in total. The molecule has 0 bridgehead atoms. The van der Waals surface area contributed by atoms with Crippen LogP contribution in [0.1, 0.15) is 58.4 Å². The van der Waals surface area contributed by atoms with Gasteiger partial charge in [0.05, 0.1) is 6.26 Å². The lowest BCUT2D eigenvalue weighted by molar-refractivity contribution is -0.120. The van der Waals surface area contributed by atoms with Gasteiger partial charge < -0.3 is 19.7 Å². The number of benzene rings is 2. The molecule has 2 aromatic rings. The first kappa shape index (κ1) is 29.4. The average Bonchev–Trinajstić information content (AvgIpc) is 2.92. The molecule has 2 saturated heterocycles. The van der Waals surface area contributed by atoms with Crippen LogP contribution in [0.2, 0.25) is 0 Å². The Kier molecular flexibility index (Phi) is 8.09. The third kappa shape index (κ3) is 7.04. The Labute approximate surface area is 243 Å². The van der Waals surface area contributed by atoms with E-state index in [-0.39, 0.29) is 23.5 Å². The molecule has 0 aliphatic carbocycles. The molecule has 41 heavy (non-hydrogen) atoms. The maximum Gasteiger partial charge on any atom is 0.410 e. The van der Waals surface area contributed by atoms with Crippen LogP contribution in [-0.4, -0.2) is 73.3 Å². The number of rotatable bonds is 4. The van der Waals surface area contributed by atoms with Gasteiger partial charge in [0.1, 0.15) is 17.0 Å². The second kappa shape index (κ2) is 11.3. The Balaban J connectivity index is 1.16. The van der Waals surface area contributed by atoms with E-state index in [0.29, 0.717) is 39.0 Å². The number of nitrogens with one attached hydrogen (secondary N) is 1. The summed E-state index contributed by atoms with van der Waals surface area (Å²) in [5.41, 5.74) is 3.31. The second-order valence-corrected chi connectivity index (χ2v) is 14.6. The number of nitrogens with zero attached hydrogens (tertiary/aromatic N) is 2. The molecule has 2 fully saturated rings. The van der Waals surface area contributed by atoms with Crippen molar-refractivity contribution in [3.8, 4) is 16.9 Å². The van der Waals surface area contributed by atoms with Gasteiger partial charge in [0.15, 0.2) is 0 Å². The Bertz CT molecular complexity index is 1380. The molecule has 222 valence electrons. The first-order valence-corrected chi connectivity index (χ1v) is 16.3. The van der Waals surface area contributed by atoms with Gasteiger partial charge in [-0.2, -0.15) is 0 Å². The van der Waals surface area contributed by atoms with Gasteiger partial charge in [-0.05, 0) is 87.4 Å². The molecule has 5 rings (SSSR count). The number of anilines is 1. The van der Waals surface area contributed by atoms with Crippen molar-refractivity contribution in [2.24, 2.45) is 5.92 Å². The van der Waals surface area contributed by atoms with E-state index in [4.69, 9.17) is 9.47 Å². The highest BCUT2D eigenvalue weighted by atomic mass is 32.2. The van der Waals surface area contributed by atoms with E-state index in [0.717, 1.165) is 48.2 Å². The van der Waals surface area contributed by atoms with Crippen LogP contribution in [0, 0.1) is 5.92 Å². The smallest absolute Gasteiger partial charge is 0.410 e. The third-order valence-electron chi connectivity index (χ3n) is 8.34. The molecular formula is C31H41N3O6S. The van der Waals surface area contributed by atoms with Crippen molar-refractivity contribution < 1.29 is 27.5 Å². The molecule has 3 heterocycles. The topological polar surface area (TPSA) is 105 Å². The van der Waals surface area contributed by atoms with Crippen molar-refractivity contribution in [1.82, 2.24) is 9.21 Å². The standard InChI is InChI=1S/C31H41N3O6S/c1-30(2,3)40-29(36)33-19-15-31(16-20-33)14-11-25-21-24(7-10-27(25)39-31)22-5-8-26(9-6-22)32-28(35)23-12-17-34(18-13-23)41(4,37)38/h5-10,21,23H,11-20H2,1-4H3,(H,32,35). The first-order chi connectivity index (χ1) is 19.3. The summed E-state index contributed by atoms with van der Waals surface area (Å²) >= 11 is 0. The van der Waals surface area contributed by atoms with Gasteiger partial charge in [0, 0.05) is 50.6 Å². The molecule has 2 aromatic carbocycles. The van der Waals surface area contributed by atoms with Crippen molar-refractivity contribution >= 4 is 27.7 Å². The monoisotopic (exact) mass is 583 g/mol. The zero-order chi connectivity index (χ0) is 29.4. The van der Waals surface area contributed by atoms with Gasteiger partial charge in [0.25, 0.3) is 0 Å². The highest BCUT2D eigenvalue weighted by molar-refractivity contribution is 7.88. The minimum atomic E-state index is -3.21. The highest BCUT2D eigenvalue weighted by Crippen LogP contribution is 2.41. The van der Waals surface area contributed by atoms with Gasteiger partial charge in [-0.3, -0.25) is 4.79 Å². The van der Waals surface area contributed by atoms with Crippen molar-refractivity contribution in [3.63, 3.8) is 0 Å². The van der Waals surface area contributed by atoms with Crippen LogP contribution in [0.3, 0.4) is 0 Å². The predicted molar refractivity (Wildman–Crippen MR) is 158 cm³/mol. The summed E-state index contributed by atoms with van der Waals surface area (Å²) < 4.78 is 37.0. The third-order valence-corrected chi connectivity index (χ3v) is 9.65. The van der Waals surface area contributed by atoms with E-state index in [1.165, 1.54) is 16.1 Å². The van der Waals surface area contributed by atoms with Gasteiger partial charge in [0.2, 0.25) is 15.9 Å². The predicted octanol–water partition coefficient (Wildman–Crippen LogP) is 5.06. The SMILES string of the molecule is CC(C)(C)OC(=O)N1CCC2(CCc3cc(-c4ccc(NC(=O)C5CCN(S(C)(=O)=O)CC5)cc4)ccc3O2)CC1. The van der Waals surface area contributed by atoms with E-state index < -0.39 is 15.6 Å². The van der Waals surface area contributed by atoms with E-state index in [1.807, 2.05) is 51.1 Å². The number of hydrogen-bond donors (Lipinski definition) is 1. The molecule has 0 atom stereocenters. The maximum atomic E-state index is 12.8. The van der Waals surface area contributed by atoms with Gasteiger partial charge in [-0.15, -0.1) is 0 Å². The second-order valence-electron chi connectivity index (χ2n) is 12.6. The molecule has 2 amide bonds. The number of likely N-dealkylation sites (tertiary alicyclic amines) is 1. The molecule has 0 unspecified atom stereocenters. The summed E-state index contributed by atoms with van der Waals surface area (Å²) in [5, 5.41) is 2.99. The van der Waals surface area contributed by atoms with Gasteiger partial charge in [-0.25, -0.2) is 17.5 Å². The molecule has 1 spiro atoms. The largest absolute Gasteiger partial charge is 0.487 e. The zero-order valence-corrected chi connectivity index (χ0v) is 25.3. The Morgan fingerprint density at radius 3 is 2.20 bits per heavy atom. The number of carbonyl (C=O) groups is 2. The summed E-state index contributed by atoms with van der Waals surface area (Å²) in [6, 6.07) is 14.1. The Hall–Kier alpha value is -3.11. The van der Waals surface area contributed by atoms with Crippen LogP contribution in [-0.2, 0) is 26.0 Å². The minimum absolute atomic E-state index is 0.0670. The molecule has 3 aliphatic rings. The van der Waals surface area contributed by atoms with Crippen molar-refractivity contribution in [3.05, 3.63) is 48.0 Å². The molecule has 3 aliphatic heterocycles. The number of ether oxygens (including phenoxy) is 2. The molecule has 0 aromatic heterocycles. The molecule has 1 N–H and O–H groups in total. The van der Waals surface area contributed by atoms with Crippen LogP contribution in [0.25, 0.3) is 11.1 Å². The summed E-state index contributed by atoms with van der Waals surface area (Å²) in [6.07, 6.45) is 5.42. The fourth-order valence-corrected chi connectivity index (χ4v) is 6.79. The Morgan fingerprint density at radius 1 is 0.951 bits per heavy atom. The number of carbonyl (C=O) groups excluding carboxylic acids is 2. The van der Waals surface area contributed by atoms with Crippen molar-refractivity contribution in [1.29, 1.82) is 0 Å². The van der Waals surface area contributed by atoms with Crippen LogP contribution >= 0.6 is 0 Å². The number of sulfonamides is 1. The van der Waals surface area contributed by atoms with Crippen LogP contribution < -0.4 is 10.1 Å². The van der Waals surface area contributed by atoms with Gasteiger partial charge >= 0.3 is 6.09 Å². The lowest BCUT2D eigenvalue weighted by Gasteiger charge is -2.44. The lowest BCUT2D eigenvalue weighted by atomic mass is 9.82. The van der Waals surface area contributed by atoms with Crippen LogP contribution in [0.4, 0.5) is 10.5 Å². The number of hydrogen-bond acceptors (Lipinski definition) is 6. The Morgan fingerprint density at radius 2 is 1.59 bits per heavy atom. The van der Waals surface area contributed by atoms with Crippen LogP contribution in [0.15, 0.2) is 42.5 Å². The average molecular weight is 584 g/mol. The number of fused-ring (bicyclic) bond motifs is 1. The molecule has 0 radical (unpaired) electrons. The fraction of sp³-hybridized carbons (Fsp3) is 0.548. The lowest BCUT2D eigenvalue weighted by Crippen LogP contribution is -2.52. The molecular weight excluding hydrogens is 542 g/mol. The van der Waals surface area contributed by atoms with Gasteiger partial charge in [-0.1, -0.05) is 18.2 Å². The molecule has 10 heteroatoms. The fourth-order valence-electron chi connectivity index (χ4n) is 5.92. The number of piperidine rings is 2. The summed E-state index contributed by atoms with van der Waals surface area (Å²) in [6.45, 7) is 7.67. The van der Waals surface area contributed by atoms with Crippen LogP contribution in [0.5, 0.6) is 5.75 Å². The van der Waals surface area contributed by atoms with E-state index in [1.54, 1.807) is 4.90 Å². The minimum Gasteiger partial charge on any atom is -0.487 e. The van der Waals surface area contributed by atoms with E-state index in [2.05, 4.69) is 17.4 Å². The summed E-state index contributed by atoms with van der Waals surface area (Å²) in [5.74, 6) is 0.653. The van der Waals surface area contributed by atoms with E-state index in [9.17, 15) is 18.0 Å². The summed E-state index contributed by atoms with van der Waals surface area (Å²) in [7, 11) is -3.21. The normalized spacial score (nSPS) is 19.8. The quantitative estimate of drug-likeness (QED) is 0.540. The summed E-state index contributed by atoms with van der Waals surface area (Å²) in [4.78, 5) is 27.0. The number of aryl methyl sites for hydroxylation is 1. The molecule has 0 saturated carbocycles. The number of amides is 2. The van der Waals surface area contributed by atoms with Crippen molar-refractivity contribution in [2.75, 3.05) is 37.8 Å². The first-order valence-electron chi connectivity index (χ1n) is 14.5. The maximum absolute atomic E-state index is 12.8. The van der Waals surface area contributed by atoms with Crippen molar-refractivity contribution in [2.45, 2.75) is 70.5 Å².